The lowest BCUT2D eigenvalue weighted by atomic mass is 10.3. The number of carbonyl (C=O) groups is 2. The van der Waals surface area contributed by atoms with E-state index < -0.39 is 24.6 Å². The van der Waals surface area contributed by atoms with Crippen LogP contribution in [0.1, 0.15) is 19.8 Å². The number of rotatable bonds is 4. The molecule has 1 rings (SSSR count). The third kappa shape index (κ3) is 2.88. The molecule has 0 radical (unpaired) electrons. The van der Waals surface area contributed by atoms with Crippen LogP contribution < -0.4 is 10.6 Å². The monoisotopic (exact) mass is 202 g/mol. The van der Waals surface area contributed by atoms with E-state index in [1.165, 1.54) is 0 Å². The number of carbonyl (C=O) groups excluding carboxylic acids is 1. The second-order valence-corrected chi connectivity index (χ2v) is 3.73. The first-order valence-electron chi connectivity index (χ1n) is 4.39. The van der Waals surface area contributed by atoms with Gasteiger partial charge in [-0.3, -0.25) is 0 Å². The summed E-state index contributed by atoms with van der Waals surface area (Å²) < 4.78 is 0. The minimum Gasteiger partial charge on any atom is -0.480 e. The van der Waals surface area contributed by atoms with Crippen LogP contribution in [0.5, 0.6) is 0 Å². The second kappa shape index (κ2) is 3.83. The lowest BCUT2D eigenvalue weighted by Crippen LogP contribution is -2.50. The molecule has 0 spiro atoms. The van der Waals surface area contributed by atoms with Gasteiger partial charge in [0.1, 0.15) is 0 Å². The molecule has 0 bridgehead atoms. The second-order valence-electron chi connectivity index (χ2n) is 3.73. The van der Waals surface area contributed by atoms with E-state index in [2.05, 4.69) is 10.6 Å². The third-order valence-corrected chi connectivity index (χ3v) is 2.20. The standard InChI is InChI=1S/C8H14N2O4/c1-8(2-3-8)10-7(14)9-5(4-11)6(12)13/h5,11H,2-4H2,1H3,(H,12,13)(H2,9,10,14)/t5-/m1/s1. The highest BCUT2D eigenvalue weighted by molar-refractivity contribution is 5.83. The Bertz CT molecular complexity index is 250. The van der Waals surface area contributed by atoms with Gasteiger partial charge in [-0.05, 0) is 19.8 Å². The minimum atomic E-state index is -1.25. The van der Waals surface area contributed by atoms with Crippen LogP contribution in [-0.2, 0) is 4.79 Å². The van der Waals surface area contributed by atoms with Gasteiger partial charge in [-0.15, -0.1) is 0 Å². The molecule has 2 amide bonds. The molecule has 1 aliphatic carbocycles. The van der Waals surface area contributed by atoms with Gasteiger partial charge in [0.05, 0.1) is 6.61 Å². The number of aliphatic carboxylic acids is 1. The zero-order chi connectivity index (χ0) is 10.8. The van der Waals surface area contributed by atoms with Crippen molar-refractivity contribution in [2.24, 2.45) is 0 Å². The highest BCUT2D eigenvalue weighted by Gasteiger charge is 2.39. The van der Waals surface area contributed by atoms with Gasteiger partial charge in [0.15, 0.2) is 6.04 Å². The fourth-order valence-electron chi connectivity index (χ4n) is 0.966. The number of aliphatic hydroxyl groups is 1. The SMILES string of the molecule is CC1(NC(=O)N[C@H](CO)C(=O)O)CC1. The van der Waals surface area contributed by atoms with Crippen molar-refractivity contribution in [3.63, 3.8) is 0 Å². The Balaban J connectivity index is 2.34. The molecule has 1 fully saturated rings. The molecule has 14 heavy (non-hydrogen) atoms. The molecule has 1 atom stereocenters. The normalized spacial score (nSPS) is 19.6. The first kappa shape index (κ1) is 10.8. The van der Waals surface area contributed by atoms with E-state index in [0.717, 1.165) is 12.8 Å². The van der Waals surface area contributed by atoms with Gasteiger partial charge in [0.2, 0.25) is 0 Å². The van der Waals surface area contributed by atoms with Crippen LogP contribution in [0.4, 0.5) is 4.79 Å². The van der Waals surface area contributed by atoms with Crippen molar-refractivity contribution >= 4 is 12.0 Å². The van der Waals surface area contributed by atoms with Crippen molar-refractivity contribution in [3.8, 4) is 0 Å². The number of aliphatic hydroxyl groups excluding tert-OH is 1. The summed E-state index contributed by atoms with van der Waals surface area (Å²) in [5.41, 5.74) is -0.192. The summed E-state index contributed by atoms with van der Waals surface area (Å²) in [7, 11) is 0. The van der Waals surface area contributed by atoms with Gasteiger partial charge < -0.3 is 20.8 Å². The predicted molar refractivity (Wildman–Crippen MR) is 47.8 cm³/mol. The number of carboxylic acids is 1. The van der Waals surface area contributed by atoms with Crippen LogP contribution in [0.2, 0.25) is 0 Å². The highest BCUT2D eigenvalue weighted by Crippen LogP contribution is 2.33. The number of amides is 2. The van der Waals surface area contributed by atoms with Crippen LogP contribution in [0.25, 0.3) is 0 Å². The molecule has 0 aromatic heterocycles. The van der Waals surface area contributed by atoms with Crippen molar-refractivity contribution in [1.82, 2.24) is 10.6 Å². The molecular formula is C8H14N2O4. The van der Waals surface area contributed by atoms with Crippen LogP contribution >= 0.6 is 0 Å². The summed E-state index contributed by atoms with van der Waals surface area (Å²) in [6, 6.07) is -1.79. The third-order valence-electron chi connectivity index (χ3n) is 2.20. The summed E-state index contributed by atoms with van der Waals surface area (Å²) in [4.78, 5) is 21.6. The quantitative estimate of drug-likeness (QED) is 0.483. The molecule has 80 valence electrons. The molecule has 1 saturated carbocycles. The van der Waals surface area contributed by atoms with E-state index in [9.17, 15) is 9.59 Å². The molecule has 4 N–H and O–H groups in total. The Morgan fingerprint density at radius 1 is 1.50 bits per heavy atom. The van der Waals surface area contributed by atoms with E-state index in [-0.39, 0.29) is 5.54 Å². The molecule has 0 saturated heterocycles. The van der Waals surface area contributed by atoms with Crippen molar-refractivity contribution in [1.29, 1.82) is 0 Å². The summed E-state index contributed by atoms with van der Waals surface area (Å²) in [5.74, 6) is -1.25. The average molecular weight is 202 g/mol. The smallest absolute Gasteiger partial charge is 0.328 e. The maximum Gasteiger partial charge on any atom is 0.328 e. The van der Waals surface area contributed by atoms with Gasteiger partial charge in [-0.25, -0.2) is 9.59 Å². The molecule has 6 nitrogen and oxygen atoms in total. The average Bonchev–Trinajstić information content (AvgIpc) is 2.78. The molecule has 0 aromatic rings. The van der Waals surface area contributed by atoms with Gasteiger partial charge >= 0.3 is 12.0 Å². The number of urea groups is 1. The molecule has 0 aromatic carbocycles. The van der Waals surface area contributed by atoms with E-state index >= 15 is 0 Å². The van der Waals surface area contributed by atoms with Crippen LogP contribution in [0.15, 0.2) is 0 Å². The van der Waals surface area contributed by atoms with Gasteiger partial charge in [0, 0.05) is 5.54 Å². The van der Waals surface area contributed by atoms with Crippen molar-refractivity contribution in [2.45, 2.75) is 31.3 Å². The highest BCUT2D eigenvalue weighted by atomic mass is 16.4. The summed E-state index contributed by atoms with van der Waals surface area (Å²) in [5, 5.41) is 22.0. The lowest BCUT2D eigenvalue weighted by Gasteiger charge is -2.15. The molecule has 0 heterocycles. The Hall–Kier alpha value is -1.30. The summed E-state index contributed by atoms with van der Waals surface area (Å²) >= 11 is 0. The largest absolute Gasteiger partial charge is 0.480 e. The topological polar surface area (TPSA) is 98.7 Å². The van der Waals surface area contributed by atoms with Crippen LogP contribution in [0, 0.1) is 0 Å². The first-order valence-corrected chi connectivity index (χ1v) is 4.39. The van der Waals surface area contributed by atoms with Gasteiger partial charge in [-0.1, -0.05) is 0 Å². The Labute approximate surface area is 81.3 Å². The van der Waals surface area contributed by atoms with Crippen LogP contribution in [0.3, 0.4) is 0 Å². The summed E-state index contributed by atoms with van der Waals surface area (Å²) in [6.07, 6.45) is 1.80. The Kier molecular flexibility index (Phi) is 2.95. The molecule has 0 unspecified atom stereocenters. The Morgan fingerprint density at radius 2 is 2.07 bits per heavy atom. The number of hydrogen-bond acceptors (Lipinski definition) is 3. The van der Waals surface area contributed by atoms with E-state index in [1.54, 1.807) is 0 Å². The lowest BCUT2D eigenvalue weighted by molar-refractivity contribution is -0.140. The van der Waals surface area contributed by atoms with Gasteiger partial charge in [0.25, 0.3) is 0 Å². The Morgan fingerprint density at radius 3 is 2.43 bits per heavy atom. The zero-order valence-electron chi connectivity index (χ0n) is 7.91. The first-order chi connectivity index (χ1) is 6.47. The number of nitrogens with one attached hydrogen (secondary N) is 2. The predicted octanol–water partition coefficient (Wildman–Crippen LogP) is -0.716. The number of hydrogen-bond donors (Lipinski definition) is 4. The maximum absolute atomic E-state index is 11.2. The van der Waals surface area contributed by atoms with Crippen molar-refractivity contribution in [2.75, 3.05) is 6.61 Å². The molecular weight excluding hydrogens is 188 g/mol. The van der Waals surface area contributed by atoms with E-state index in [4.69, 9.17) is 10.2 Å². The molecule has 6 heteroatoms. The van der Waals surface area contributed by atoms with E-state index in [1.807, 2.05) is 6.92 Å². The maximum atomic E-state index is 11.2. The van der Waals surface area contributed by atoms with Crippen molar-refractivity contribution < 1.29 is 19.8 Å². The van der Waals surface area contributed by atoms with Crippen molar-refractivity contribution in [3.05, 3.63) is 0 Å². The minimum absolute atomic E-state index is 0.192. The molecule has 0 aliphatic heterocycles. The van der Waals surface area contributed by atoms with Crippen LogP contribution in [-0.4, -0.2) is 40.4 Å². The zero-order valence-corrected chi connectivity index (χ0v) is 7.91. The number of carboxylic acid groups (broad SMARTS) is 1. The van der Waals surface area contributed by atoms with Gasteiger partial charge in [-0.2, -0.15) is 0 Å². The fourth-order valence-corrected chi connectivity index (χ4v) is 0.966. The van der Waals surface area contributed by atoms with E-state index in [0.29, 0.717) is 0 Å². The summed E-state index contributed by atoms with van der Waals surface area (Å²) in [6.45, 7) is 1.26. The fraction of sp³-hybridized carbons (Fsp3) is 0.750. The molecule has 1 aliphatic rings.